The molecule has 2 amide bonds. The number of unbranched alkanes of at least 4 members (excludes halogenated alkanes) is 2. The lowest BCUT2D eigenvalue weighted by Gasteiger charge is -2.12. The van der Waals surface area contributed by atoms with Gasteiger partial charge in [-0.15, -0.1) is 0 Å². The summed E-state index contributed by atoms with van der Waals surface area (Å²) in [5.74, 6) is 0.395. The third-order valence-electron chi connectivity index (χ3n) is 4.12. The number of amides is 2. The molecular weight excluding hydrogens is 366 g/mol. The van der Waals surface area contributed by atoms with Gasteiger partial charge in [0.25, 0.3) is 0 Å². The van der Waals surface area contributed by atoms with Crippen molar-refractivity contribution in [3.05, 3.63) is 61.2 Å². The fourth-order valence-corrected chi connectivity index (χ4v) is 2.69. The molecule has 0 fully saturated rings. The molecule has 0 aromatic heterocycles. The quantitative estimate of drug-likeness (QED) is 0.356. The monoisotopic (exact) mass is 395 g/mol. The molecular formula is C23H29N3O3. The van der Waals surface area contributed by atoms with Gasteiger partial charge in [0, 0.05) is 17.8 Å². The summed E-state index contributed by atoms with van der Waals surface area (Å²) in [4.78, 5) is 24.3. The van der Waals surface area contributed by atoms with Crippen molar-refractivity contribution in [3.63, 3.8) is 0 Å². The molecule has 0 aliphatic rings. The maximum atomic E-state index is 12.3. The Morgan fingerprint density at radius 3 is 2.59 bits per heavy atom. The second kappa shape index (κ2) is 12.2. The number of nitrogens with one attached hydrogen (secondary N) is 3. The Kier molecular flexibility index (Phi) is 9.29. The van der Waals surface area contributed by atoms with Crippen LogP contribution in [-0.4, -0.2) is 25.0 Å². The van der Waals surface area contributed by atoms with Crippen LogP contribution < -0.4 is 20.7 Å². The minimum Gasteiger partial charge on any atom is -0.487 e. The number of rotatable bonds is 12. The second-order valence-corrected chi connectivity index (χ2v) is 6.58. The van der Waals surface area contributed by atoms with E-state index in [1.54, 1.807) is 18.2 Å². The summed E-state index contributed by atoms with van der Waals surface area (Å²) in [7, 11) is 0. The first kappa shape index (κ1) is 22.0. The normalized spacial score (nSPS) is 10.1. The highest BCUT2D eigenvalue weighted by Gasteiger charge is 2.08. The zero-order chi connectivity index (χ0) is 20.9. The SMILES string of the molecule is C=CCOc1ccccc1NC(=O)CNc1cccc(NC(=O)CCCCC)c1. The number of para-hydroxylation sites is 2. The molecule has 0 radical (unpaired) electrons. The van der Waals surface area contributed by atoms with E-state index < -0.39 is 0 Å². The van der Waals surface area contributed by atoms with Gasteiger partial charge < -0.3 is 20.7 Å². The van der Waals surface area contributed by atoms with Crippen molar-refractivity contribution in [1.29, 1.82) is 0 Å². The summed E-state index contributed by atoms with van der Waals surface area (Å²) in [5.41, 5.74) is 2.07. The number of hydrogen-bond acceptors (Lipinski definition) is 4. The molecule has 2 aromatic carbocycles. The maximum Gasteiger partial charge on any atom is 0.243 e. The topological polar surface area (TPSA) is 79.5 Å². The largest absolute Gasteiger partial charge is 0.487 e. The summed E-state index contributed by atoms with van der Waals surface area (Å²) < 4.78 is 5.54. The number of anilines is 3. The highest BCUT2D eigenvalue weighted by Crippen LogP contribution is 2.23. The molecule has 6 heteroatoms. The van der Waals surface area contributed by atoms with E-state index in [0.29, 0.717) is 30.2 Å². The molecule has 0 aliphatic carbocycles. The molecule has 0 heterocycles. The van der Waals surface area contributed by atoms with Gasteiger partial charge in [0.2, 0.25) is 11.8 Å². The van der Waals surface area contributed by atoms with Crippen LogP contribution in [0, 0.1) is 0 Å². The maximum absolute atomic E-state index is 12.3. The number of ether oxygens (including phenoxy) is 1. The van der Waals surface area contributed by atoms with Gasteiger partial charge in [-0.2, -0.15) is 0 Å². The summed E-state index contributed by atoms with van der Waals surface area (Å²) in [5, 5.41) is 8.80. The van der Waals surface area contributed by atoms with Crippen LogP contribution in [-0.2, 0) is 9.59 Å². The average molecular weight is 396 g/mol. The Morgan fingerprint density at radius 1 is 1.00 bits per heavy atom. The highest BCUT2D eigenvalue weighted by molar-refractivity contribution is 5.95. The Labute approximate surface area is 172 Å². The van der Waals surface area contributed by atoms with Crippen LogP contribution in [0.2, 0.25) is 0 Å². The summed E-state index contributed by atoms with van der Waals surface area (Å²) in [6.45, 7) is 6.18. The molecule has 3 N–H and O–H groups in total. The van der Waals surface area contributed by atoms with Gasteiger partial charge in [-0.1, -0.05) is 50.6 Å². The van der Waals surface area contributed by atoms with Crippen molar-refractivity contribution in [3.8, 4) is 5.75 Å². The van der Waals surface area contributed by atoms with Gasteiger partial charge in [-0.3, -0.25) is 9.59 Å². The number of hydrogen-bond donors (Lipinski definition) is 3. The minimum absolute atomic E-state index is 0.00414. The zero-order valence-corrected chi connectivity index (χ0v) is 16.9. The number of carbonyl (C=O) groups is 2. The van der Waals surface area contributed by atoms with Crippen LogP contribution in [0.25, 0.3) is 0 Å². The molecule has 0 saturated heterocycles. The van der Waals surface area contributed by atoms with Gasteiger partial charge in [-0.25, -0.2) is 0 Å². The average Bonchev–Trinajstić information content (AvgIpc) is 2.72. The Hall–Kier alpha value is -3.28. The Balaban J connectivity index is 1.86. The van der Waals surface area contributed by atoms with Crippen LogP contribution in [0.1, 0.15) is 32.6 Å². The summed E-state index contributed by atoms with van der Waals surface area (Å²) >= 11 is 0. The molecule has 0 atom stereocenters. The van der Waals surface area contributed by atoms with E-state index in [-0.39, 0.29) is 18.4 Å². The van der Waals surface area contributed by atoms with Crippen LogP contribution in [0.15, 0.2) is 61.2 Å². The fraction of sp³-hybridized carbons (Fsp3) is 0.304. The zero-order valence-electron chi connectivity index (χ0n) is 16.9. The molecule has 6 nitrogen and oxygen atoms in total. The lowest BCUT2D eigenvalue weighted by molar-refractivity contribution is -0.116. The van der Waals surface area contributed by atoms with Crippen LogP contribution in [0.5, 0.6) is 5.75 Å². The highest BCUT2D eigenvalue weighted by atomic mass is 16.5. The molecule has 0 aliphatic heterocycles. The van der Waals surface area contributed by atoms with Gasteiger partial charge in [0.1, 0.15) is 12.4 Å². The van der Waals surface area contributed by atoms with Crippen LogP contribution in [0.3, 0.4) is 0 Å². The van der Waals surface area contributed by atoms with Gasteiger partial charge in [0.05, 0.1) is 12.2 Å². The van der Waals surface area contributed by atoms with Gasteiger partial charge in [0.15, 0.2) is 0 Å². The lowest BCUT2D eigenvalue weighted by atomic mass is 10.2. The molecule has 0 unspecified atom stereocenters. The van der Waals surface area contributed by atoms with Crippen molar-refractivity contribution < 1.29 is 14.3 Å². The van der Waals surface area contributed by atoms with Crippen molar-refractivity contribution in [2.75, 3.05) is 29.1 Å². The minimum atomic E-state index is -0.200. The van der Waals surface area contributed by atoms with Gasteiger partial charge in [-0.05, 0) is 36.8 Å². The molecule has 29 heavy (non-hydrogen) atoms. The van der Waals surface area contributed by atoms with Crippen molar-refractivity contribution in [1.82, 2.24) is 0 Å². The van der Waals surface area contributed by atoms with Crippen molar-refractivity contribution in [2.45, 2.75) is 32.6 Å². The van der Waals surface area contributed by atoms with Crippen LogP contribution >= 0.6 is 0 Å². The standard InChI is InChI=1S/C23H29N3O3/c1-3-5-6-14-22(27)25-19-11-9-10-18(16-19)24-17-23(28)26-20-12-7-8-13-21(20)29-15-4-2/h4,7-13,16,24H,2-3,5-6,14-15,17H2,1H3,(H,25,27)(H,26,28). The van der Waals surface area contributed by atoms with E-state index in [2.05, 4.69) is 29.5 Å². The van der Waals surface area contributed by atoms with E-state index in [4.69, 9.17) is 4.74 Å². The van der Waals surface area contributed by atoms with E-state index >= 15 is 0 Å². The molecule has 154 valence electrons. The fourth-order valence-electron chi connectivity index (χ4n) is 2.69. The third kappa shape index (κ3) is 8.09. The first-order valence-corrected chi connectivity index (χ1v) is 9.88. The van der Waals surface area contributed by atoms with E-state index in [1.165, 1.54) is 0 Å². The van der Waals surface area contributed by atoms with Gasteiger partial charge >= 0.3 is 0 Å². The van der Waals surface area contributed by atoms with E-state index in [0.717, 1.165) is 24.9 Å². The first-order chi connectivity index (χ1) is 14.1. The number of benzene rings is 2. The molecule has 0 saturated carbocycles. The number of carbonyl (C=O) groups excluding carboxylic acids is 2. The van der Waals surface area contributed by atoms with E-state index in [1.807, 2.05) is 36.4 Å². The Morgan fingerprint density at radius 2 is 1.79 bits per heavy atom. The van der Waals surface area contributed by atoms with Crippen LogP contribution in [0.4, 0.5) is 17.1 Å². The predicted molar refractivity (Wildman–Crippen MR) is 118 cm³/mol. The molecule has 2 rings (SSSR count). The van der Waals surface area contributed by atoms with E-state index in [9.17, 15) is 9.59 Å². The molecule has 0 bridgehead atoms. The Bertz CT molecular complexity index is 821. The first-order valence-electron chi connectivity index (χ1n) is 9.88. The predicted octanol–water partition coefficient (Wildman–Crippen LogP) is 4.82. The lowest BCUT2D eigenvalue weighted by Crippen LogP contribution is -2.22. The third-order valence-corrected chi connectivity index (χ3v) is 4.12. The van der Waals surface area contributed by atoms with Crippen molar-refractivity contribution >= 4 is 28.9 Å². The smallest absolute Gasteiger partial charge is 0.243 e. The molecule has 2 aromatic rings. The summed E-state index contributed by atoms with van der Waals surface area (Å²) in [6, 6.07) is 14.6. The van der Waals surface area contributed by atoms with Crippen molar-refractivity contribution in [2.24, 2.45) is 0 Å². The second-order valence-electron chi connectivity index (χ2n) is 6.58. The molecule has 0 spiro atoms. The summed E-state index contributed by atoms with van der Waals surface area (Å²) in [6.07, 6.45) is 5.18.